The van der Waals surface area contributed by atoms with Crippen molar-refractivity contribution in [1.29, 1.82) is 0 Å². The molecule has 0 heterocycles. The first-order valence-electron chi connectivity index (χ1n) is 2.64. The second-order valence-corrected chi connectivity index (χ2v) is 1.54. The molecule has 2 N–H and O–H groups in total. The van der Waals surface area contributed by atoms with E-state index in [0.717, 1.165) is 6.29 Å². The molecule has 50 valence electrons. The number of rotatable bonds is 4. The highest BCUT2D eigenvalue weighted by Crippen LogP contribution is 1.82. The van der Waals surface area contributed by atoms with Gasteiger partial charge in [0.25, 0.3) is 0 Å². The number of aldehydes is 1. The Bertz CT molecular complexity index is 129. The highest BCUT2D eigenvalue weighted by Gasteiger charge is 1.84. The zero-order valence-corrected chi connectivity index (χ0v) is 5.04. The molecular formula is C6H9NO2. The van der Waals surface area contributed by atoms with Crippen LogP contribution in [-0.2, 0) is 9.59 Å². The maximum absolute atomic E-state index is 10.0. The summed E-state index contributed by atoms with van der Waals surface area (Å²) in [4.78, 5) is 19.7. The number of amides is 1. The second-order valence-electron chi connectivity index (χ2n) is 1.54. The van der Waals surface area contributed by atoms with Crippen molar-refractivity contribution in [3.8, 4) is 0 Å². The van der Waals surface area contributed by atoms with Crippen molar-refractivity contribution in [2.75, 3.05) is 0 Å². The van der Waals surface area contributed by atoms with Gasteiger partial charge in [0.2, 0.25) is 5.91 Å². The fourth-order valence-corrected chi connectivity index (χ4v) is 0.351. The molecule has 3 heteroatoms. The van der Waals surface area contributed by atoms with Crippen LogP contribution in [0.3, 0.4) is 0 Å². The third-order valence-corrected chi connectivity index (χ3v) is 0.718. The fraction of sp³-hybridized carbons (Fsp3) is 0.333. The number of primary amides is 1. The summed E-state index contributed by atoms with van der Waals surface area (Å²) in [6.45, 7) is 0. The van der Waals surface area contributed by atoms with Crippen LogP contribution in [0.15, 0.2) is 12.2 Å². The van der Waals surface area contributed by atoms with Gasteiger partial charge in [0, 0.05) is 12.8 Å². The molecule has 0 unspecified atom stereocenters. The Morgan fingerprint density at radius 1 is 1.44 bits per heavy atom. The summed E-state index contributed by atoms with van der Waals surface area (Å²) in [6.07, 6.45) is 4.52. The quantitative estimate of drug-likeness (QED) is 0.427. The summed E-state index contributed by atoms with van der Waals surface area (Å²) in [5, 5.41) is 0. The summed E-state index contributed by atoms with van der Waals surface area (Å²) >= 11 is 0. The van der Waals surface area contributed by atoms with E-state index in [0.29, 0.717) is 6.42 Å². The Morgan fingerprint density at radius 2 is 2.11 bits per heavy atom. The molecule has 0 spiro atoms. The Hall–Kier alpha value is -1.12. The maximum atomic E-state index is 10.0. The minimum absolute atomic E-state index is 0.216. The van der Waals surface area contributed by atoms with Crippen molar-refractivity contribution >= 4 is 12.2 Å². The second kappa shape index (κ2) is 5.03. The number of allylic oxidation sites excluding steroid dienone is 1. The van der Waals surface area contributed by atoms with Crippen molar-refractivity contribution in [1.82, 2.24) is 0 Å². The zero-order valence-electron chi connectivity index (χ0n) is 5.04. The Morgan fingerprint density at radius 3 is 2.56 bits per heavy atom. The molecule has 0 aliphatic carbocycles. The van der Waals surface area contributed by atoms with Crippen LogP contribution in [-0.4, -0.2) is 12.2 Å². The van der Waals surface area contributed by atoms with E-state index in [-0.39, 0.29) is 12.3 Å². The van der Waals surface area contributed by atoms with Gasteiger partial charge in [-0.25, -0.2) is 0 Å². The molecule has 1 amide bonds. The Kier molecular flexibility index (Phi) is 4.40. The van der Waals surface area contributed by atoms with Gasteiger partial charge < -0.3 is 10.5 Å². The van der Waals surface area contributed by atoms with Crippen LogP contribution in [0.4, 0.5) is 0 Å². The van der Waals surface area contributed by atoms with Gasteiger partial charge >= 0.3 is 0 Å². The van der Waals surface area contributed by atoms with E-state index < -0.39 is 0 Å². The molecule has 0 rings (SSSR count). The molecule has 0 aromatic rings. The highest BCUT2D eigenvalue weighted by atomic mass is 16.1. The van der Waals surface area contributed by atoms with Gasteiger partial charge in [-0.3, -0.25) is 4.79 Å². The summed E-state index contributed by atoms with van der Waals surface area (Å²) < 4.78 is 0. The average Bonchev–Trinajstić information content (AvgIpc) is 1.80. The molecule has 0 bridgehead atoms. The van der Waals surface area contributed by atoms with Crippen molar-refractivity contribution in [3.05, 3.63) is 12.2 Å². The first-order valence-corrected chi connectivity index (χ1v) is 2.64. The molecule has 0 saturated heterocycles. The molecule has 0 fully saturated rings. The van der Waals surface area contributed by atoms with Crippen LogP contribution >= 0.6 is 0 Å². The summed E-state index contributed by atoms with van der Waals surface area (Å²) in [6, 6.07) is 0. The van der Waals surface area contributed by atoms with Crippen molar-refractivity contribution in [2.24, 2.45) is 5.73 Å². The Balaban J connectivity index is 3.24. The monoisotopic (exact) mass is 127 g/mol. The molecule has 0 radical (unpaired) electrons. The molecule has 0 aromatic carbocycles. The van der Waals surface area contributed by atoms with Gasteiger partial charge in [0.15, 0.2) is 0 Å². The molecule has 0 aliphatic heterocycles. The SMILES string of the molecule is NC(=O)C/C=C/CC=O. The first-order chi connectivity index (χ1) is 4.27. The van der Waals surface area contributed by atoms with E-state index in [2.05, 4.69) is 0 Å². The van der Waals surface area contributed by atoms with Crippen LogP contribution in [0.25, 0.3) is 0 Å². The summed E-state index contributed by atoms with van der Waals surface area (Å²) in [5.41, 5.74) is 4.80. The minimum Gasteiger partial charge on any atom is -0.369 e. The van der Waals surface area contributed by atoms with E-state index >= 15 is 0 Å². The van der Waals surface area contributed by atoms with E-state index in [9.17, 15) is 9.59 Å². The maximum Gasteiger partial charge on any atom is 0.221 e. The number of nitrogens with two attached hydrogens (primary N) is 1. The standard InChI is InChI=1S/C6H9NO2/c7-6(9)4-2-1-3-5-8/h1-2,5H,3-4H2,(H2,7,9)/b2-1+. The molecule has 0 aliphatic rings. The average molecular weight is 127 g/mol. The van der Waals surface area contributed by atoms with Crippen LogP contribution in [0, 0.1) is 0 Å². The van der Waals surface area contributed by atoms with Crippen molar-refractivity contribution < 1.29 is 9.59 Å². The zero-order chi connectivity index (χ0) is 7.11. The van der Waals surface area contributed by atoms with Crippen molar-refractivity contribution in [2.45, 2.75) is 12.8 Å². The number of carbonyl (C=O) groups is 2. The number of hydrogen-bond donors (Lipinski definition) is 1. The summed E-state index contributed by atoms with van der Waals surface area (Å²) in [5.74, 6) is -0.378. The van der Waals surface area contributed by atoms with E-state index in [1.807, 2.05) is 0 Å². The minimum atomic E-state index is -0.378. The number of hydrogen-bond acceptors (Lipinski definition) is 2. The lowest BCUT2D eigenvalue weighted by Crippen LogP contribution is -2.07. The lowest BCUT2D eigenvalue weighted by molar-refractivity contribution is -0.117. The van der Waals surface area contributed by atoms with Gasteiger partial charge in [-0.1, -0.05) is 12.2 Å². The highest BCUT2D eigenvalue weighted by molar-refractivity contribution is 5.75. The third-order valence-electron chi connectivity index (χ3n) is 0.718. The molecular weight excluding hydrogens is 118 g/mol. The third kappa shape index (κ3) is 6.88. The van der Waals surface area contributed by atoms with Gasteiger partial charge in [-0.2, -0.15) is 0 Å². The number of carbonyl (C=O) groups excluding carboxylic acids is 2. The Labute approximate surface area is 53.5 Å². The van der Waals surface area contributed by atoms with Crippen LogP contribution in [0.1, 0.15) is 12.8 Å². The van der Waals surface area contributed by atoms with E-state index in [1.54, 1.807) is 12.2 Å². The molecule has 9 heavy (non-hydrogen) atoms. The van der Waals surface area contributed by atoms with Gasteiger partial charge in [-0.05, 0) is 0 Å². The van der Waals surface area contributed by atoms with Crippen LogP contribution in [0.5, 0.6) is 0 Å². The first kappa shape index (κ1) is 7.88. The molecule has 3 nitrogen and oxygen atoms in total. The van der Waals surface area contributed by atoms with E-state index in [1.165, 1.54) is 0 Å². The molecule has 0 saturated carbocycles. The lowest BCUT2D eigenvalue weighted by Gasteiger charge is -1.81. The van der Waals surface area contributed by atoms with Gasteiger partial charge in [0.1, 0.15) is 6.29 Å². The van der Waals surface area contributed by atoms with Crippen molar-refractivity contribution in [3.63, 3.8) is 0 Å². The smallest absolute Gasteiger partial charge is 0.221 e. The molecule has 0 atom stereocenters. The largest absolute Gasteiger partial charge is 0.369 e. The fourth-order valence-electron chi connectivity index (χ4n) is 0.351. The van der Waals surface area contributed by atoms with Gasteiger partial charge in [-0.15, -0.1) is 0 Å². The predicted octanol–water partition coefficient (Wildman–Crippen LogP) is 0.00700. The van der Waals surface area contributed by atoms with Crippen LogP contribution in [0.2, 0.25) is 0 Å². The van der Waals surface area contributed by atoms with Gasteiger partial charge in [0.05, 0.1) is 0 Å². The predicted molar refractivity (Wildman–Crippen MR) is 33.6 cm³/mol. The normalized spacial score (nSPS) is 9.78. The van der Waals surface area contributed by atoms with E-state index in [4.69, 9.17) is 5.73 Å². The van der Waals surface area contributed by atoms with Crippen LogP contribution < -0.4 is 5.73 Å². The lowest BCUT2D eigenvalue weighted by atomic mass is 10.3. The topological polar surface area (TPSA) is 60.2 Å². The molecule has 0 aromatic heterocycles. The summed E-state index contributed by atoms with van der Waals surface area (Å²) in [7, 11) is 0.